The van der Waals surface area contributed by atoms with Gasteiger partial charge < -0.3 is 5.11 Å². The Labute approximate surface area is 74.7 Å². The molecule has 1 N–H and O–H groups in total. The number of carbonyl (C=O) groups is 1. The molecule has 0 rings (SSSR count). The molecule has 0 heterocycles. The van der Waals surface area contributed by atoms with E-state index in [0.29, 0.717) is 6.42 Å². The van der Waals surface area contributed by atoms with Gasteiger partial charge in [-0.25, -0.2) is 0 Å². The zero-order valence-corrected chi connectivity index (χ0v) is 7.61. The fourth-order valence-corrected chi connectivity index (χ4v) is 1.27. The summed E-state index contributed by atoms with van der Waals surface area (Å²) < 4.78 is 35.9. The Morgan fingerprint density at radius 2 is 1.85 bits per heavy atom. The minimum absolute atomic E-state index is 0.0435. The molecule has 0 radical (unpaired) electrons. The molecule has 5 heteroatoms. The second-order valence-electron chi connectivity index (χ2n) is 3.41. The zero-order valence-electron chi connectivity index (χ0n) is 7.61. The lowest BCUT2D eigenvalue weighted by Gasteiger charge is -2.25. The number of carboxylic acids is 1. The Kier molecular flexibility index (Phi) is 3.75. The SMILES string of the molecule is CCCC(C)(CC(F)(F)F)C(=O)O. The van der Waals surface area contributed by atoms with Crippen molar-refractivity contribution in [2.45, 2.75) is 39.3 Å². The van der Waals surface area contributed by atoms with E-state index in [0.717, 1.165) is 6.92 Å². The fourth-order valence-electron chi connectivity index (χ4n) is 1.27. The molecular formula is C8H13F3O2. The molecule has 0 aromatic carbocycles. The van der Waals surface area contributed by atoms with Crippen LogP contribution >= 0.6 is 0 Å². The number of hydrogen-bond acceptors (Lipinski definition) is 1. The highest BCUT2D eigenvalue weighted by molar-refractivity contribution is 5.74. The van der Waals surface area contributed by atoms with Crippen molar-refractivity contribution in [2.24, 2.45) is 5.41 Å². The van der Waals surface area contributed by atoms with Crippen LogP contribution in [0, 0.1) is 5.41 Å². The van der Waals surface area contributed by atoms with Crippen LogP contribution in [0.1, 0.15) is 33.1 Å². The van der Waals surface area contributed by atoms with Crippen LogP contribution in [0.25, 0.3) is 0 Å². The molecule has 0 saturated heterocycles. The molecule has 0 aliphatic carbocycles. The van der Waals surface area contributed by atoms with E-state index in [1.54, 1.807) is 6.92 Å². The van der Waals surface area contributed by atoms with Gasteiger partial charge in [-0.2, -0.15) is 13.2 Å². The van der Waals surface area contributed by atoms with Gasteiger partial charge in [-0.1, -0.05) is 13.3 Å². The minimum Gasteiger partial charge on any atom is -0.481 e. The predicted octanol–water partition coefficient (Wildman–Crippen LogP) is 2.83. The predicted molar refractivity (Wildman–Crippen MR) is 41.3 cm³/mol. The third-order valence-electron chi connectivity index (χ3n) is 1.91. The molecule has 0 aliphatic heterocycles. The number of halogens is 3. The van der Waals surface area contributed by atoms with E-state index in [-0.39, 0.29) is 6.42 Å². The van der Waals surface area contributed by atoms with Crippen molar-refractivity contribution in [1.29, 1.82) is 0 Å². The van der Waals surface area contributed by atoms with Gasteiger partial charge in [0.05, 0.1) is 11.8 Å². The van der Waals surface area contributed by atoms with Gasteiger partial charge in [-0.05, 0) is 13.3 Å². The number of aliphatic carboxylic acids is 1. The molecule has 78 valence electrons. The van der Waals surface area contributed by atoms with Gasteiger partial charge in [0.25, 0.3) is 0 Å². The van der Waals surface area contributed by atoms with Crippen LogP contribution in [0.15, 0.2) is 0 Å². The van der Waals surface area contributed by atoms with Gasteiger partial charge in [0.1, 0.15) is 0 Å². The van der Waals surface area contributed by atoms with Gasteiger partial charge in [0, 0.05) is 0 Å². The maximum absolute atomic E-state index is 12.0. The first-order valence-corrected chi connectivity index (χ1v) is 4.01. The van der Waals surface area contributed by atoms with E-state index in [2.05, 4.69) is 0 Å². The second kappa shape index (κ2) is 3.98. The largest absolute Gasteiger partial charge is 0.481 e. The Balaban J connectivity index is 4.51. The van der Waals surface area contributed by atoms with E-state index >= 15 is 0 Å². The highest BCUT2D eigenvalue weighted by Crippen LogP contribution is 2.36. The monoisotopic (exact) mass is 198 g/mol. The van der Waals surface area contributed by atoms with Gasteiger partial charge >= 0.3 is 12.1 Å². The molecule has 0 amide bonds. The summed E-state index contributed by atoms with van der Waals surface area (Å²) in [5.41, 5.74) is -1.67. The maximum atomic E-state index is 12.0. The quantitative estimate of drug-likeness (QED) is 0.754. The first kappa shape index (κ1) is 12.3. The van der Waals surface area contributed by atoms with Crippen LogP contribution in [0.5, 0.6) is 0 Å². The van der Waals surface area contributed by atoms with Crippen LogP contribution in [0.4, 0.5) is 13.2 Å². The molecule has 1 atom stereocenters. The van der Waals surface area contributed by atoms with Crippen molar-refractivity contribution >= 4 is 5.97 Å². The van der Waals surface area contributed by atoms with Crippen molar-refractivity contribution in [2.75, 3.05) is 0 Å². The van der Waals surface area contributed by atoms with Crippen LogP contribution in [0.3, 0.4) is 0 Å². The summed E-state index contributed by atoms with van der Waals surface area (Å²) in [6.45, 7) is 2.80. The van der Waals surface area contributed by atoms with Crippen molar-refractivity contribution in [3.8, 4) is 0 Å². The van der Waals surface area contributed by atoms with E-state index in [9.17, 15) is 18.0 Å². The molecule has 2 nitrogen and oxygen atoms in total. The molecular weight excluding hydrogens is 185 g/mol. The Hall–Kier alpha value is -0.740. The molecule has 0 aliphatic rings. The fraction of sp³-hybridized carbons (Fsp3) is 0.875. The normalized spacial score (nSPS) is 16.7. The second-order valence-corrected chi connectivity index (χ2v) is 3.41. The molecule has 0 fully saturated rings. The van der Waals surface area contributed by atoms with Gasteiger partial charge in [-0.3, -0.25) is 4.79 Å². The Morgan fingerprint density at radius 1 is 1.38 bits per heavy atom. The first-order chi connectivity index (χ1) is 5.71. The molecule has 0 saturated carbocycles. The Bertz CT molecular complexity index is 188. The summed E-state index contributed by atoms with van der Waals surface area (Å²) in [4.78, 5) is 10.6. The topological polar surface area (TPSA) is 37.3 Å². The van der Waals surface area contributed by atoms with Crippen LogP contribution in [0.2, 0.25) is 0 Å². The van der Waals surface area contributed by atoms with Crippen LogP contribution < -0.4 is 0 Å². The van der Waals surface area contributed by atoms with Crippen molar-refractivity contribution in [3.63, 3.8) is 0 Å². The lowest BCUT2D eigenvalue weighted by molar-refractivity contribution is -0.177. The average Bonchev–Trinajstić information content (AvgIpc) is 1.82. The lowest BCUT2D eigenvalue weighted by Crippen LogP contribution is -2.33. The smallest absolute Gasteiger partial charge is 0.390 e. The maximum Gasteiger partial charge on any atom is 0.390 e. The number of alkyl halides is 3. The summed E-state index contributed by atoms with van der Waals surface area (Å²) in [7, 11) is 0. The van der Waals surface area contributed by atoms with Crippen LogP contribution in [-0.2, 0) is 4.79 Å². The van der Waals surface area contributed by atoms with Crippen molar-refractivity contribution in [1.82, 2.24) is 0 Å². The zero-order chi connectivity index (χ0) is 10.7. The lowest BCUT2D eigenvalue weighted by atomic mass is 9.82. The van der Waals surface area contributed by atoms with Gasteiger partial charge in [0.15, 0.2) is 0 Å². The summed E-state index contributed by atoms with van der Waals surface area (Å²) >= 11 is 0. The summed E-state index contributed by atoms with van der Waals surface area (Å²) in [6, 6.07) is 0. The molecule has 0 spiro atoms. The highest BCUT2D eigenvalue weighted by atomic mass is 19.4. The standard InChI is InChI=1S/C8H13F3O2/c1-3-4-7(2,6(12)13)5-8(9,10)11/h3-5H2,1-2H3,(H,12,13). The number of hydrogen-bond donors (Lipinski definition) is 1. The highest BCUT2D eigenvalue weighted by Gasteiger charge is 2.43. The van der Waals surface area contributed by atoms with Crippen LogP contribution in [-0.4, -0.2) is 17.3 Å². The Morgan fingerprint density at radius 3 is 2.08 bits per heavy atom. The summed E-state index contributed by atoms with van der Waals surface area (Å²) in [5.74, 6) is -1.38. The minimum atomic E-state index is -4.41. The van der Waals surface area contributed by atoms with Crippen molar-refractivity contribution in [3.05, 3.63) is 0 Å². The summed E-state index contributed by atoms with van der Waals surface area (Å²) in [5, 5.41) is 8.63. The summed E-state index contributed by atoms with van der Waals surface area (Å²) in [6.07, 6.45) is -5.20. The van der Waals surface area contributed by atoms with Crippen molar-refractivity contribution < 1.29 is 23.1 Å². The number of carboxylic acid groups (broad SMARTS) is 1. The van der Waals surface area contributed by atoms with E-state index in [4.69, 9.17) is 5.11 Å². The molecule has 13 heavy (non-hydrogen) atoms. The molecule has 0 aromatic heterocycles. The third kappa shape index (κ3) is 4.15. The molecule has 1 unspecified atom stereocenters. The third-order valence-corrected chi connectivity index (χ3v) is 1.91. The average molecular weight is 198 g/mol. The van der Waals surface area contributed by atoms with Gasteiger partial charge in [0.2, 0.25) is 0 Å². The van der Waals surface area contributed by atoms with E-state index in [1.807, 2.05) is 0 Å². The van der Waals surface area contributed by atoms with E-state index < -0.39 is 24.0 Å². The number of rotatable bonds is 4. The molecule has 0 bridgehead atoms. The molecule has 0 aromatic rings. The van der Waals surface area contributed by atoms with Gasteiger partial charge in [-0.15, -0.1) is 0 Å². The first-order valence-electron chi connectivity index (χ1n) is 4.01. The van der Waals surface area contributed by atoms with E-state index in [1.165, 1.54) is 0 Å².